The Balaban J connectivity index is 0.00000385. The number of amides is 2. The quantitative estimate of drug-likeness (QED) is 0.259. The second-order valence-corrected chi connectivity index (χ2v) is 7.33. The van der Waals surface area contributed by atoms with Crippen LogP contribution in [0.4, 0.5) is 20.3 Å². The van der Waals surface area contributed by atoms with Crippen LogP contribution in [0.25, 0.3) is 0 Å². The summed E-state index contributed by atoms with van der Waals surface area (Å²) in [7, 11) is 3.74. The van der Waals surface area contributed by atoms with E-state index in [1.165, 1.54) is 6.07 Å². The number of aromatic amines is 1. The third kappa shape index (κ3) is 6.99. The Morgan fingerprint density at radius 1 is 1.12 bits per heavy atom. The molecule has 0 aliphatic carbocycles. The van der Waals surface area contributed by atoms with Gasteiger partial charge in [-0.1, -0.05) is 23.7 Å². The van der Waals surface area contributed by atoms with Crippen molar-refractivity contribution < 1.29 is 18.4 Å². The van der Waals surface area contributed by atoms with E-state index in [4.69, 9.17) is 11.6 Å². The first-order valence-electron chi connectivity index (χ1n) is 9.32. The molecule has 174 valence electrons. The van der Waals surface area contributed by atoms with Crippen LogP contribution in [0.15, 0.2) is 47.5 Å². The lowest BCUT2D eigenvalue weighted by molar-refractivity contribution is 0.0945. The molecule has 8 nitrogen and oxygen atoms in total. The smallest absolute Gasteiger partial charge is 0.272 e. The highest BCUT2D eigenvalue weighted by atomic mass is 35.5. The van der Waals surface area contributed by atoms with E-state index >= 15 is 0 Å². The lowest BCUT2D eigenvalue weighted by Crippen LogP contribution is -2.23. The van der Waals surface area contributed by atoms with Crippen LogP contribution in [0.1, 0.15) is 26.4 Å². The minimum Gasteiger partial charge on any atom is -0.369 e. The number of carbonyl (C=O) groups excluding carboxylic acids is 2. The van der Waals surface area contributed by atoms with Gasteiger partial charge < -0.3 is 15.5 Å². The van der Waals surface area contributed by atoms with E-state index in [0.717, 1.165) is 11.3 Å². The molecule has 12 heteroatoms. The zero-order valence-electron chi connectivity index (χ0n) is 17.5. The lowest BCUT2D eigenvalue weighted by atomic mass is 10.2. The van der Waals surface area contributed by atoms with Gasteiger partial charge in [0.15, 0.2) is 17.3 Å². The number of aromatic nitrogens is 2. The topological polar surface area (TPSA) is 102 Å². The Hall–Kier alpha value is -3.50. The van der Waals surface area contributed by atoms with Crippen molar-refractivity contribution in [1.82, 2.24) is 20.4 Å². The summed E-state index contributed by atoms with van der Waals surface area (Å²) in [6.45, 7) is 0.259. The van der Waals surface area contributed by atoms with Crippen LogP contribution in [-0.4, -0.2) is 47.3 Å². The number of nitrogens with one attached hydrogen (secondary N) is 3. The molecule has 2 aromatic carbocycles. The van der Waals surface area contributed by atoms with Crippen molar-refractivity contribution in [2.75, 3.05) is 19.4 Å². The first-order chi connectivity index (χ1) is 15.2. The molecule has 0 radical (unpaired) electrons. The molecule has 2 amide bonds. The molecule has 0 atom stereocenters. The van der Waals surface area contributed by atoms with Crippen LogP contribution in [0, 0.1) is 11.6 Å². The minimum atomic E-state index is -1.21. The van der Waals surface area contributed by atoms with Crippen LogP contribution in [0.2, 0.25) is 5.02 Å². The molecule has 1 aromatic heterocycles. The van der Waals surface area contributed by atoms with Crippen LogP contribution in [-0.2, 0) is 6.54 Å². The number of nitrogens with zero attached hydrogens (tertiary/aromatic N) is 3. The van der Waals surface area contributed by atoms with E-state index in [9.17, 15) is 18.4 Å². The molecule has 33 heavy (non-hydrogen) atoms. The Bertz CT molecular complexity index is 1170. The number of H-pyrrole nitrogens is 1. The van der Waals surface area contributed by atoms with Crippen molar-refractivity contribution in [2.24, 2.45) is 4.99 Å². The second kappa shape index (κ2) is 11.4. The van der Waals surface area contributed by atoms with Crippen LogP contribution in [0.5, 0.6) is 0 Å². The molecule has 1 heterocycles. The summed E-state index contributed by atoms with van der Waals surface area (Å²) in [6, 6.07) is 10.0. The SMILES string of the molecule is CN(C)C=Nc1ccc(CNC(=O)c2cc(NC(=O)c3cc(F)c(F)cc3Cl)[nH]n2)cc1.Cl. The zero-order chi connectivity index (χ0) is 23.3. The number of hydrogen-bond acceptors (Lipinski definition) is 4. The van der Waals surface area contributed by atoms with Crippen LogP contribution >= 0.6 is 24.0 Å². The van der Waals surface area contributed by atoms with Gasteiger partial charge in [0.2, 0.25) is 0 Å². The minimum absolute atomic E-state index is 0. The number of aliphatic imine (C=N–C) groups is 1. The van der Waals surface area contributed by atoms with Gasteiger partial charge in [0, 0.05) is 26.7 Å². The van der Waals surface area contributed by atoms with Crippen molar-refractivity contribution in [3.05, 3.63) is 75.9 Å². The number of hydrogen-bond donors (Lipinski definition) is 3. The van der Waals surface area contributed by atoms with Crippen molar-refractivity contribution in [1.29, 1.82) is 0 Å². The van der Waals surface area contributed by atoms with Gasteiger partial charge in [0.1, 0.15) is 5.82 Å². The van der Waals surface area contributed by atoms with Gasteiger partial charge in [-0.25, -0.2) is 13.8 Å². The number of halogens is 4. The molecule has 3 N–H and O–H groups in total. The normalized spacial score (nSPS) is 10.6. The van der Waals surface area contributed by atoms with Crippen molar-refractivity contribution in [3.8, 4) is 0 Å². The highest BCUT2D eigenvalue weighted by Gasteiger charge is 2.17. The van der Waals surface area contributed by atoms with Crippen molar-refractivity contribution in [3.63, 3.8) is 0 Å². The largest absolute Gasteiger partial charge is 0.369 e. The summed E-state index contributed by atoms with van der Waals surface area (Å²) in [4.78, 5) is 30.7. The van der Waals surface area contributed by atoms with E-state index in [1.807, 2.05) is 43.3 Å². The summed E-state index contributed by atoms with van der Waals surface area (Å²) in [5, 5.41) is 11.2. The van der Waals surface area contributed by atoms with Gasteiger partial charge >= 0.3 is 0 Å². The monoisotopic (exact) mass is 496 g/mol. The van der Waals surface area contributed by atoms with Crippen LogP contribution in [0.3, 0.4) is 0 Å². The molecule has 3 aromatic rings. The summed E-state index contributed by atoms with van der Waals surface area (Å²) in [5.74, 6) is -3.54. The Morgan fingerprint density at radius 3 is 2.45 bits per heavy atom. The maximum atomic E-state index is 13.4. The van der Waals surface area contributed by atoms with Gasteiger partial charge in [-0.3, -0.25) is 14.7 Å². The van der Waals surface area contributed by atoms with E-state index < -0.39 is 23.4 Å². The standard InChI is InChI=1S/C21H19ClF2N6O2.ClH/c1-30(2)11-26-13-5-3-12(4-6-13)10-25-21(32)18-9-19(29-28-18)27-20(31)14-7-16(23)17(24)8-15(14)22;/h3-9,11H,10H2,1-2H3,(H,25,32)(H2,27,28,29,31);1H. The molecular weight excluding hydrogens is 477 g/mol. The van der Waals surface area contributed by atoms with E-state index in [0.29, 0.717) is 12.1 Å². The lowest BCUT2D eigenvalue weighted by Gasteiger charge is -2.05. The molecule has 0 bridgehead atoms. The summed E-state index contributed by atoms with van der Waals surface area (Å²) < 4.78 is 26.6. The van der Waals surface area contributed by atoms with Crippen molar-refractivity contribution in [2.45, 2.75) is 6.54 Å². The first kappa shape index (κ1) is 25.8. The third-order valence-corrected chi connectivity index (χ3v) is 4.45. The van der Waals surface area contributed by atoms with Gasteiger partial charge in [-0.2, -0.15) is 5.10 Å². The number of benzene rings is 2. The summed E-state index contributed by atoms with van der Waals surface area (Å²) in [6.07, 6.45) is 1.69. The van der Waals surface area contributed by atoms with Gasteiger partial charge in [-0.05, 0) is 29.8 Å². The molecule has 0 aliphatic rings. The number of rotatable bonds is 7. The highest BCUT2D eigenvalue weighted by molar-refractivity contribution is 6.34. The Morgan fingerprint density at radius 2 is 1.79 bits per heavy atom. The molecule has 0 aliphatic heterocycles. The van der Waals surface area contributed by atoms with Gasteiger partial charge in [0.25, 0.3) is 11.8 Å². The maximum absolute atomic E-state index is 13.4. The average molecular weight is 497 g/mol. The molecule has 0 spiro atoms. The summed E-state index contributed by atoms with van der Waals surface area (Å²) in [5.41, 5.74) is 1.41. The van der Waals surface area contributed by atoms with Crippen LogP contribution < -0.4 is 10.6 Å². The zero-order valence-corrected chi connectivity index (χ0v) is 19.1. The molecular formula is C21H20Cl2F2N6O2. The number of carbonyl (C=O) groups is 2. The first-order valence-corrected chi connectivity index (χ1v) is 9.70. The molecule has 0 saturated heterocycles. The van der Waals surface area contributed by atoms with E-state index in [2.05, 4.69) is 25.8 Å². The fourth-order valence-corrected chi connectivity index (χ4v) is 2.78. The van der Waals surface area contributed by atoms with E-state index in [1.54, 1.807) is 6.34 Å². The highest BCUT2D eigenvalue weighted by Crippen LogP contribution is 2.21. The fraction of sp³-hybridized carbons (Fsp3) is 0.143. The average Bonchev–Trinajstić information content (AvgIpc) is 3.22. The predicted molar refractivity (Wildman–Crippen MR) is 125 cm³/mol. The molecule has 0 unspecified atom stereocenters. The summed E-state index contributed by atoms with van der Waals surface area (Å²) >= 11 is 5.79. The van der Waals surface area contributed by atoms with Gasteiger partial charge in [-0.15, -0.1) is 12.4 Å². The second-order valence-electron chi connectivity index (χ2n) is 6.92. The maximum Gasteiger partial charge on any atom is 0.272 e. The van der Waals surface area contributed by atoms with Crippen molar-refractivity contribution >= 4 is 53.7 Å². The molecule has 3 rings (SSSR count). The third-order valence-electron chi connectivity index (χ3n) is 4.14. The number of anilines is 1. The predicted octanol–water partition coefficient (Wildman–Crippen LogP) is 4.17. The fourth-order valence-electron chi connectivity index (χ4n) is 2.54. The van der Waals surface area contributed by atoms with E-state index in [-0.39, 0.29) is 41.0 Å². The Kier molecular flexibility index (Phi) is 8.89. The molecule has 0 saturated carbocycles. The van der Waals surface area contributed by atoms with Gasteiger partial charge in [0.05, 0.1) is 22.6 Å². The molecule has 0 fully saturated rings. The Labute approximate surface area is 199 Å².